The largest absolute Gasteiger partial charge is 0.573 e. The van der Waals surface area contributed by atoms with E-state index < -0.39 is 16.2 Å². The molecule has 0 fully saturated rings. The van der Waals surface area contributed by atoms with Gasteiger partial charge in [-0.05, 0) is 35.9 Å². The van der Waals surface area contributed by atoms with Crippen LogP contribution in [0.1, 0.15) is 12.5 Å². The van der Waals surface area contributed by atoms with Gasteiger partial charge in [-0.15, -0.1) is 13.2 Å². The maximum Gasteiger partial charge on any atom is 0.573 e. The monoisotopic (exact) mass is 493 g/mol. The highest BCUT2D eigenvalue weighted by molar-refractivity contribution is 7.91. The average Bonchev–Trinajstić information content (AvgIpc) is 2.79. The minimum atomic E-state index is -4.85. The molecule has 10 heteroatoms. The summed E-state index contributed by atoms with van der Waals surface area (Å²) in [5.41, 5.74) is 1.53. The molecule has 1 amide bonds. The highest BCUT2D eigenvalue weighted by Crippen LogP contribution is 2.39. The van der Waals surface area contributed by atoms with Crippen LogP contribution in [0, 0.1) is 0 Å². The molecule has 1 N–H and O–H groups in total. The molecule has 0 bridgehead atoms. The number of carbonyl (C=O) groups is 1. The summed E-state index contributed by atoms with van der Waals surface area (Å²) >= 11 is 0. The molecule has 0 radical (unpaired) electrons. The third-order valence-electron chi connectivity index (χ3n) is 4.92. The van der Waals surface area contributed by atoms with Gasteiger partial charge in [-0.25, -0.2) is 8.42 Å². The molecule has 3 aromatic carbocycles. The number of benzene rings is 3. The van der Waals surface area contributed by atoms with E-state index in [0.717, 1.165) is 0 Å². The molecule has 0 spiro atoms. The van der Waals surface area contributed by atoms with Crippen LogP contribution in [0.2, 0.25) is 0 Å². The third kappa shape index (κ3) is 6.28. The Kier molecular flexibility index (Phi) is 7.51. The molecule has 6 nitrogen and oxygen atoms in total. The number of hydrogen-bond donors (Lipinski definition) is 1. The number of amides is 1. The minimum absolute atomic E-state index is 0.00121. The van der Waals surface area contributed by atoms with Crippen LogP contribution in [-0.2, 0) is 21.1 Å². The molecule has 3 rings (SSSR count). The lowest BCUT2D eigenvalue weighted by Crippen LogP contribution is -2.17. The van der Waals surface area contributed by atoms with Crippen molar-refractivity contribution in [2.24, 2.45) is 0 Å². The van der Waals surface area contributed by atoms with Crippen LogP contribution in [-0.4, -0.2) is 33.5 Å². The van der Waals surface area contributed by atoms with E-state index in [0.29, 0.717) is 16.8 Å². The van der Waals surface area contributed by atoms with E-state index in [1.165, 1.54) is 55.6 Å². The quantitative estimate of drug-likeness (QED) is 0.464. The lowest BCUT2D eigenvalue weighted by atomic mass is 10.0. The fraction of sp³-hybridized carbons (Fsp3) is 0.208. The third-order valence-corrected chi connectivity index (χ3v) is 6.67. The summed E-state index contributed by atoms with van der Waals surface area (Å²) in [5.74, 6) is -0.511. The second-order valence-corrected chi connectivity index (χ2v) is 9.51. The molecule has 0 saturated heterocycles. The van der Waals surface area contributed by atoms with Crippen molar-refractivity contribution in [2.75, 3.05) is 18.2 Å². The van der Waals surface area contributed by atoms with Gasteiger partial charge in [0.15, 0.2) is 9.84 Å². The van der Waals surface area contributed by atoms with Crippen LogP contribution in [0.5, 0.6) is 11.5 Å². The molecular formula is C24H22F3NO5S. The van der Waals surface area contributed by atoms with E-state index in [9.17, 15) is 26.4 Å². The summed E-state index contributed by atoms with van der Waals surface area (Å²) in [6.07, 6.45) is -4.85. The number of rotatable bonds is 8. The fourth-order valence-electron chi connectivity index (χ4n) is 3.27. The van der Waals surface area contributed by atoms with Gasteiger partial charge >= 0.3 is 6.36 Å². The number of halogens is 3. The molecule has 0 atom stereocenters. The molecule has 180 valence electrons. The van der Waals surface area contributed by atoms with Gasteiger partial charge in [0.1, 0.15) is 11.5 Å². The van der Waals surface area contributed by atoms with Crippen molar-refractivity contribution in [2.45, 2.75) is 24.6 Å². The lowest BCUT2D eigenvalue weighted by Gasteiger charge is -2.16. The van der Waals surface area contributed by atoms with E-state index in [1.54, 1.807) is 25.1 Å². The average molecular weight is 494 g/mol. The topological polar surface area (TPSA) is 81.7 Å². The number of alkyl halides is 3. The second kappa shape index (κ2) is 10.2. The Balaban J connectivity index is 1.77. The zero-order valence-electron chi connectivity index (χ0n) is 18.3. The number of ether oxygens (including phenoxy) is 2. The zero-order valence-corrected chi connectivity index (χ0v) is 19.2. The number of sulfone groups is 1. The number of para-hydroxylation sites is 1. The lowest BCUT2D eigenvalue weighted by molar-refractivity contribution is -0.274. The maximum atomic E-state index is 12.8. The number of carbonyl (C=O) groups excluding carboxylic acids is 1. The van der Waals surface area contributed by atoms with Crippen LogP contribution in [0.3, 0.4) is 0 Å². The maximum absolute atomic E-state index is 12.8. The normalized spacial score (nSPS) is 11.7. The molecule has 0 heterocycles. The van der Waals surface area contributed by atoms with Crippen molar-refractivity contribution in [3.8, 4) is 22.6 Å². The Labute approximate surface area is 195 Å². The molecule has 0 aliphatic heterocycles. The summed E-state index contributed by atoms with van der Waals surface area (Å²) in [6, 6.07) is 16.3. The predicted molar refractivity (Wildman–Crippen MR) is 122 cm³/mol. The molecule has 0 aliphatic carbocycles. The van der Waals surface area contributed by atoms with E-state index in [1.807, 2.05) is 0 Å². The Bertz CT molecular complexity index is 1270. The van der Waals surface area contributed by atoms with Crippen molar-refractivity contribution < 1.29 is 35.9 Å². The van der Waals surface area contributed by atoms with Gasteiger partial charge in [0, 0.05) is 22.9 Å². The van der Waals surface area contributed by atoms with Crippen molar-refractivity contribution in [3.63, 3.8) is 0 Å². The SMILES string of the molecule is CCS(=O)(=O)c1ccc(CC(=O)Nc2ccc(-c3ccccc3OC(F)(F)F)c(OC)c2)cc1. The van der Waals surface area contributed by atoms with E-state index in [-0.39, 0.29) is 40.0 Å². The highest BCUT2D eigenvalue weighted by atomic mass is 32.2. The van der Waals surface area contributed by atoms with Crippen molar-refractivity contribution in [1.29, 1.82) is 0 Å². The van der Waals surface area contributed by atoms with Crippen LogP contribution in [0.15, 0.2) is 71.6 Å². The van der Waals surface area contributed by atoms with Crippen LogP contribution < -0.4 is 14.8 Å². The number of anilines is 1. The molecule has 0 unspecified atom stereocenters. The summed E-state index contributed by atoms with van der Waals surface area (Å²) in [6.45, 7) is 1.55. The Morgan fingerprint density at radius 2 is 1.59 bits per heavy atom. The molecule has 0 aliphatic rings. The second-order valence-electron chi connectivity index (χ2n) is 7.23. The van der Waals surface area contributed by atoms with Gasteiger partial charge in [-0.2, -0.15) is 0 Å². The van der Waals surface area contributed by atoms with E-state index in [2.05, 4.69) is 10.1 Å². The van der Waals surface area contributed by atoms with Gasteiger partial charge in [0.2, 0.25) is 5.91 Å². The summed E-state index contributed by atoms with van der Waals surface area (Å²) < 4.78 is 71.6. The van der Waals surface area contributed by atoms with E-state index >= 15 is 0 Å². The van der Waals surface area contributed by atoms with Gasteiger partial charge in [-0.3, -0.25) is 4.79 Å². The molecule has 0 saturated carbocycles. The van der Waals surface area contributed by atoms with Crippen LogP contribution in [0.4, 0.5) is 18.9 Å². The zero-order chi connectivity index (χ0) is 24.9. The van der Waals surface area contributed by atoms with Gasteiger partial charge < -0.3 is 14.8 Å². The Morgan fingerprint density at radius 3 is 2.21 bits per heavy atom. The highest BCUT2D eigenvalue weighted by Gasteiger charge is 2.32. The van der Waals surface area contributed by atoms with Crippen molar-refractivity contribution in [1.82, 2.24) is 0 Å². The first-order valence-electron chi connectivity index (χ1n) is 10.2. The molecule has 34 heavy (non-hydrogen) atoms. The smallest absolute Gasteiger partial charge is 0.496 e. The van der Waals surface area contributed by atoms with Crippen LogP contribution in [0.25, 0.3) is 11.1 Å². The predicted octanol–water partition coefficient (Wildman–Crippen LogP) is 5.24. The molecule has 3 aromatic rings. The Morgan fingerprint density at radius 1 is 0.941 bits per heavy atom. The fourth-order valence-corrected chi connectivity index (χ4v) is 4.15. The van der Waals surface area contributed by atoms with Gasteiger partial charge in [0.05, 0.1) is 24.2 Å². The van der Waals surface area contributed by atoms with Crippen LogP contribution >= 0.6 is 0 Å². The first kappa shape index (κ1) is 25.1. The first-order chi connectivity index (χ1) is 16.0. The number of hydrogen-bond acceptors (Lipinski definition) is 5. The molecule has 0 aromatic heterocycles. The van der Waals surface area contributed by atoms with E-state index in [4.69, 9.17) is 4.74 Å². The van der Waals surface area contributed by atoms with Gasteiger partial charge in [-0.1, -0.05) is 37.3 Å². The Hall–Kier alpha value is -3.53. The standard InChI is InChI=1S/C24H22F3NO5S/c1-3-34(30,31)18-11-8-16(9-12-18)14-23(29)28-17-10-13-20(22(15-17)32-2)19-6-4-5-7-21(19)33-24(25,26)27/h4-13,15H,3,14H2,1-2H3,(H,28,29). The number of nitrogens with one attached hydrogen (secondary N) is 1. The first-order valence-corrected chi connectivity index (χ1v) is 11.8. The molecular weight excluding hydrogens is 471 g/mol. The number of methoxy groups -OCH3 is 1. The van der Waals surface area contributed by atoms with Crippen molar-refractivity contribution >= 4 is 21.4 Å². The minimum Gasteiger partial charge on any atom is -0.496 e. The summed E-state index contributed by atoms with van der Waals surface area (Å²) in [4.78, 5) is 12.7. The van der Waals surface area contributed by atoms with Gasteiger partial charge in [0.25, 0.3) is 0 Å². The summed E-state index contributed by atoms with van der Waals surface area (Å²) in [7, 11) is -1.96. The van der Waals surface area contributed by atoms with Crippen molar-refractivity contribution in [3.05, 3.63) is 72.3 Å². The summed E-state index contributed by atoms with van der Waals surface area (Å²) in [5, 5.41) is 2.70.